The predicted molar refractivity (Wildman–Crippen MR) is 111 cm³/mol. The number of carbonyl (C=O) groups excluding carboxylic acids is 2. The molecule has 1 aliphatic carbocycles. The smallest absolute Gasteiger partial charge is 0.325 e. The first-order chi connectivity index (χ1) is 13.7. The number of hydrogen-bond donors (Lipinski definition) is 1. The van der Waals surface area contributed by atoms with Crippen LogP contribution in [0.5, 0.6) is 0 Å². The van der Waals surface area contributed by atoms with Gasteiger partial charge >= 0.3 is 6.03 Å². The van der Waals surface area contributed by atoms with Crippen molar-refractivity contribution in [2.24, 2.45) is 5.92 Å². The topological polar surface area (TPSA) is 65.5 Å². The van der Waals surface area contributed by atoms with Crippen LogP contribution in [0, 0.1) is 5.92 Å². The third-order valence-corrected chi connectivity index (χ3v) is 5.64. The Kier molecular flexibility index (Phi) is 5.55. The standard InChI is InChI=1S/C22H26N4O2/c27-21(13-10-17-6-4-5-7-17)24-18-11-12-20(23-16-18)26-15-14-25(22(26)28)19-8-2-1-3-9-19/h1-3,8-9,11-12,16-17H,4-7,10,13-15H2,(H,24,27). The summed E-state index contributed by atoms with van der Waals surface area (Å²) >= 11 is 0. The van der Waals surface area contributed by atoms with E-state index in [1.807, 2.05) is 36.4 Å². The van der Waals surface area contributed by atoms with E-state index in [1.165, 1.54) is 25.7 Å². The Bertz CT molecular complexity index is 816. The minimum absolute atomic E-state index is 0.0361. The number of hydrogen-bond acceptors (Lipinski definition) is 3. The van der Waals surface area contributed by atoms with Gasteiger partial charge in [0, 0.05) is 25.2 Å². The number of nitrogens with zero attached hydrogens (tertiary/aromatic N) is 3. The second-order valence-electron chi connectivity index (χ2n) is 7.56. The molecule has 0 radical (unpaired) electrons. The monoisotopic (exact) mass is 378 g/mol. The number of carbonyl (C=O) groups is 2. The van der Waals surface area contributed by atoms with Crippen molar-refractivity contribution in [1.29, 1.82) is 0 Å². The molecule has 1 aromatic heterocycles. The lowest BCUT2D eigenvalue weighted by Gasteiger charge is -2.18. The van der Waals surface area contributed by atoms with Gasteiger partial charge in [-0.1, -0.05) is 43.9 Å². The lowest BCUT2D eigenvalue weighted by molar-refractivity contribution is -0.116. The minimum atomic E-state index is -0.0768. The van der Waals surface area contributed by atoms with Gasteiger partial charge in [-0.15, -0.1) is 0 Å². The number of nitrogens with one attached hydrogen (secondary N) is 1. The molecule has 28 heavy (non-hydrogen) atoms. The highest BCUT2D eigenvalue weighted by atomic mass is 16.2. The van der Waals surface area contributed by atoms with Crippen LogP contribution in [0.2, 0.25) is 0 Å². The lowest BCUT2D eigenvalue weighted by atomic mass is 10.0. The third kappa shape index (κ3) is 4.16. The summed E-state index contributed by atoms with van der Waals surface area (Å²) in [6.07, 6.45) is 8.27. The Morgan fingerprint density at radius 3 is 2.50 bits per heavy atom. The van der Waals surface area contributed by atoms with Crippen molar-refractivity contribution in [3.8, 4) is 0 Å². The Hall–Kier alpha value is -2.89. The first kappa shape index (κ1) is 18.5. The maximum Gasteiger partial charge on any atom is 0.330 e. The molecule has 6 nitrogen and oxygen atoms in total. The largest absolute Gasteiger partial charge is 0.330 e. The second kappa shape index (κ2) is 8.42. The molecule has 146 valence electrons. The molecule has 1 aromatic carbocycles. The molecular weight excluding hydrogens is 352 g/mol. The van der Waals surface area contributed by atoms with Crippen molar-refractivity contribution in [1.82, 2.24) is 4.98 Å². The summed E-state index contributed by atoms with van der Waals surface area (Å²) in [7, 11) is 0. The fourth-order valence-corrected chi connectivity index (χ4v) is 4.07. The van der Waals surface area contributed by atoms with Crippen LogP contribution in [0.25, 0.3) is 0 Å². The average Bonchev–Trinajstić information content (AvgIpc) is 3.37. The van der Waals surface area contributed by atoms with E-state index in [-0.39, 0.29) is 11.9 Å². The zero-order chi connectivity index (χ0) is 19.3. The van der Waals surface area contributed by atoms with E-state index in [2.05, 4.69) is 10.3 Å². The number of pyridine rings is 1. The molecular formula is C22H26N4O2. The number of anilines is 3. The van der Waals surface area contributed by atoms with Gasteiger partial charge in [-0.2, -0.15) is 0 Å². The highest BCUT2D eigenvalue weighted by Gasteiger charge is 2.31. The molecule has 1 N–H and O–H groups in total. The highest BCUT2D eigenvalue weighted by Crippen LogP contribution is 2.29. The Morgan fingerprint density at radius 2 is 1.79 bits per heavy atom. The number of rotatable bonds is 6. The van der Waals surface area contributed by atoms with Gasteiger partial charge in [-0.05, 0) is 36.6 Å². The van der Waals surface area contributed by atoms with E-state index in [9.17, 15) is 9.59 Å². The summed E-state index contributed by atoms with van der Waals surface area (Å²) in [5.74, 6) is 1.35. The normalized spacial score (nSPS) is 17.4. The van der Waals surface area contributed by atoms with E-state index < -0.39 is 0 Å². The maximum absolute atomic E-state index is 12.7. The fourth-order valence-electron chi connectivity index (χ4n) is 4.07. The van der Waals surface area contributed by atoms with Gasteiger partial charge in [0.1, 0.15) is 5.82 Å². The van der Waals surface area contributed by atoms with Crippen molar-refractivity contribution < 1.29 is 9.59 Å². The summed E-state index contributed by atoms with van der Waals surface area (Å²) in [6, 6.07) is 13.2. The predicted octanol–water partition coefficient (Wildman–Crippen LogP) is 4.44. The summed E-state index contributed by atoms with van der Waals surface area (Å²) < 4.78 is 0. The second-order valence-corrected chi connectivity index (χ2v) is 7.56. The van der Waals surface area contributed by atoms with E-state index in [0.717, 1.165) is 12.1 Å². The SMILES string of the molecule is O=C(CCC1CCCC1)Nc1ccc(N2CCN(c3ccccc3)C2=O)nc1. The van der Waals surface area contributed by atoms with Gasteiger partial charge < -0.3 is 5.32 Å². The van der Waals surface area contributed by atoms with Crippen LogP contribution in [-0.4, -0.2) is 30.0 Å². The van der Waals surface area contributed by atoms with Crippen molar-refractivity contribution >= 4 is 29.1 Å². The lowest BCUT2D eigenvalue weighted by Crippen LogP contribution is -2.32. The van der Waals surface area contributed by atoms with Gasteiger partial charge in [0.2, 0.25) is 5.91 Å². The Labute approximate surface area is 165 Å². The first-order valence-corrected chi connectivity index (χ1v) is 10.1. The third-order valence-electron chi connectivity index (χ3n) is 5.64. The number of aromatic nitrogens is 1. The first-order valence-electron chi connectivity index (χ1n) is 10.1. The molecule has 1 aliphatic heterocycles. The molecule has 1 saturated heterocycles. The molecule has 2 aromatic rings. The molecule has 3 amide bonds. The molecule has 0 atom stereocenters. The molecule has 4 rings (SSSR count). The van der Waals surface area contributed by atoms with Gasteiger partial charge in [0.15, 0.2) is 0 Å². The quantitative estimate of drug-likeness (QED) is 0.808. The van der Waals surface area contributed by atoms with Crippen LogP contribution < -0.4 is 15.1 Å². The summed E-state index contributed by atoms with van der Waals surface area (Å²) in [5.41, 5.74) is 1.56. The molecule has 6 heteroatoms. The van der Waals surface area contributed by atoms with Crippen molar-refractivity contribution in [3.05, 3.63) is 48.7 Å². The zero-order valence-corrected chi connectivity index (χ0v) is 16.0. The molecule has 0 bridgehead atoms. The molecule has 2 heterocycles. The van der Waals surface area contributed by atoms with Gasteiger partial charge in [-0.25, -0.2) is 9.78 Å². The van der Waals surface area contributed by atoms with Gasteiger partial charge in [-0.3, -0.25) is 14.6 Å². The van der Waals surface area contributed by atoms with E-state index in [4.69, 9.17) is 0 Å². The molecule has 0 spiro atoms. The zero-order valence-electron chi connectivity index (χ0n) is 16.0. The molecule has 2 aliphatic rings. The van der Waals surface area contributed by atoms with Gasteiger partial charge in [0.25, 0.3) is 0 Å². The van der Waals surface area contributed by atoms with Crippen molar-refractivity contribution in [2.75, 3.05) is 28.2 Å². The summed E-state index contributed by atoms with van der Waals surface area (Å²) in [4.78, 5) is 32.7. The maximum atomic E-state index is 12.7. The van der Waals surface area contributed by atoms with Crippen molar-refractivity contribution in [3.63, 3.8) is 0 Å². The van der Waals surface area contributed by atoms with Crippen LogP contribution in [0.1, 0.15) is 38.5 Å². The average molecular weight is 378 g/mol. The molecule has 1 saturated carbocycles. The van der Waals surface area contributed by atoms with Crippen LogP contribution in [-0.2, 0) is 4.79 Å². The fraction of sp³-hybridized carbons (Fsp3) is 0.409. The van der Waals surface area contributed by atoms with Gasteiger partial charge in [0.05, 0.1) is 11.9 Å². The number of amides is 3. The van der Waals surface area contributed by atoms with E-state index in [0.29, 0.717) is 36.9 Å². The van der Waals surface area contributed by atoms with Crippen LogP contribution in [0.3, 0.4) is 0 Å². The molecule has 0 unspecified atom stereocenters. The van der Waals surface area contributed by atoms with E-state index >= 15 is 0 Å². The number of para-hydroxylation sites is 1. The number of benzene rings is 1. The van der Waals surface area contributed by atoms with Crippen molar-refractivity contribution in [2.45, 2.75) is 38.5 Å². The minimum Gasteiger partial charge on any atom is -0.325 e. The van der Waals surface area contributed by atoms with Crippen LogP contribution in [0.4, 0.5) is 22.0 Å². The van der Waals surface area contributed by atoms with Crippen LogP contribution in [0.15, 0.2) is 48.7 Å². The van der Waals surface area contributed by atoms with Crippen LogP contribution >= 0.6 is 0 Å². The Morgan fingerprint density at radius 1 is 1.04 bits per heavy atom. The molecule has 2 fully saturated rings. The highest BCUT2D eigenvalue weighted by molar-refractivity contribution is 6.05. The Balaban J connectivity index is 1.33. The summed E-state index contributed by atoms with van der Waals surface area (Å²) in [6.45, 7) is 1.22. The number of urea groups is 1. The summed E-state index contributed by atoms with van der Waals surface area (Å²) in [5, 5.41) is 2.91. The van der Waals surface area contributed by atoms with E-state index in [1.54, 1.807) is 22.1 Å².